The number of carbonyl (C=O) groups excluding carboxylic acids is 1. The Kier molecular flexibility index (Phi) is 4.55. The van der Waals surface area contributed by atoms with Gasteiger partial charge in [-0.1, -0.05) is 30.3 Å². The van der Waals surface area contributed by atoms with Gasteiger partial charge < -0.3 is 21.1 Å². The molecule has 7 heteroatoms. The summed E-state index contributed by atoms with van der Waals surface area (Å²) >= 11 is 0. The van der Waals surface area contributed by atoms with Crippen LogP contribution in [0.2, 0.25) is 0 Å². The van der Waals surface area contributed by atoms with E-state index in [-0.39, 0.29) is 5.95 Å². The third-order valence-corrected chi connectivity index (χ3v) is 2.86. The molecule has 110 valence electrons. The molecule has 2 aromatic rings. The SMILES string of the molecule is CNc1cc(NC(C(=O)OC)c2ccccc2)nc(N)n1. The van der Waals surface area contributed by atoms with Crippen LogP contribution in [0.4, 0.5) is 17.6 Å². The van der Waals surface area contributed by atoms with E-state index in [0.29, 0.717) is 11.6 Å². The van der Waals surface area contributed by atoms with Crippen LogP contribution in [0.15, 0.2) is 36.4 Å². The first-order valence-corrected chi connectivity index (χ1v) is 6.35. The minimum Gasteiger partial charge on any atom is -0.467 e. The van der Waals surface area contributed by atoms with E-state index in [1.807, 2.05) is 30.3 Å². The van der Waals surface area contributed by atoms with Crippen LogP contribution in [0.1, 0.15) is 11.6 Å². The van der Waals surface area contributed by atoms with Crippen LogP contribution in [0, 0.1) is 0 Å². The highest BCUT2D eigenvalue weighted by molar-refractivity contribution is 5.80. The minimum absolute atomic E-state index is 0.112. The second-order valence-corrected chi connectivity index (χ2v) is 4.26. The molecule has 0 saturated carbocycles. The van der Waals surface area contributed by atoms with Gasteiger partial charge in [-0.15, -0.1) is 0 Å². The summed E-state index contributed by atoms with van der Waals surface area (Å²) in [6, 6.07) is 10.2. The van der Waals surface area contributed by atoms with Crippen molar-refractivity contribution in [2.24, 2.45) is 0 Å². The van der Waals surface area contributed by atoms with E-state index < -0.39 is 12.0 Å². The van der Waals surface area contributed by atoms with Gasteiger partial charge in [0.1, 0.15) is 11.6 Å². The lowest BCUT2D eigenvalue weighted by Crippen LogP contribution is -2.23. The van der Waals surface area contributed by atoms with Crippen LogP contribution >= 0.6 is 0 Å². The molecule has 1 aromatic heterocycles. The van der Waals surface area contributed by atoms with E-state index in [2.05, 4.69) is 20.6 Å². The average Bonchev–Trinajstić information content (AvgIpc) is 2.52. The molecule has 4 N–H and O–H groups in total. The van der Waals surface area contributed by atoms with Crippen molar-refractivity contribution in [1.29, 1.82) is 0 Å². The molecule has 0 aliphatic carbocycles. The number of methoxy groups -OCH3 is 1. The number of benzene rings is 1. The Labute approximate surface area is 122 Å². The van der Waals surface area contributed by atoms with Crippen molar-refractivity contribution in [3.63, 3.8) is 0 Å². The molecule has 0 fully saturated rings. The van der Waals surface area contributed by atoms with Gasteiger partial charge >= 0.3 is 5.97 Å². The van der Waals surface area contributed by atoms with Crippen molar-refractivity contribution in [2.45, 2.75) is 6.04 Å². The fourth-order valence-corrected chi connectivity index (χ4v) is 1.86. The fraction of sp³-hybridized carbons (Fsp3) is 0.214. The standard InChI is InChI=1S/C14H17N5O2/c1-16-10-8-11(19-14(15)18-10)17-12(13(20)21-2)9-6-4-3-5-7-9/h3-8,12H,1-2H3,(H4,15,16,17,18,19). The van der Waals surface area contributed by atoms with Gasteiger partial charge in [-0.05, 0) is 5.56 Å². The maximum atomic E-state index is 12.0. The van der Waals surface area contributed by atoms with Crippen molar-refractivity contribution in [2.75, 3.05) is 30.5 Å². The lowest BCUT2D eigenvalue weighted by molar-refractivity contribution is -0.141. The highest BCUT2D eigenvalue weighted by Crippen LogP contribution is 2.21. The molecular weight excluding hydrogens is 270 g/mol. The van der Waals surface area contributed by atoms with E-state index in [1.54, 1.807) is 13.1 Å². The Bertz CT molecular complexity index is 618. The van der Waals surface area contributed by atoms with Crippen molar-refractivity contribution in [1.82, 2.24) is 9.97 Å². The van der Waals surface area contributed by atoms with Gasteiger partial charge in [0, 0.05) is 13.1 Å². The van der Waals surface area contributed by atoms with Crippen molar-refractivity contribution >= 4 is 23.6 Å². The van der Waals surface area contributed by atoms with Crippen molar-refractivity contribution < 1.29 is 9.53 Å². The van der Waals surface area contributed by atoms with Gasteiger partial charge in [0.2, 0.25) is 5.95 Å². The Hall–Kier alpha value is -2.83. The second-order valence-electron chi connectivity index (χ2n) is 4.26. The third-order valence-electron chi connectivity index (χ3n) is 2.86. The molecular formula is C14H17N5O2. The number of nitrogens with two attached hydrogens (primary N) is 1. The molecule has 0 aliphatic rings. The zero-order valence-electron chi connectivity index (χ0n) is 11.8. The number of esters is 1. The zero-order chi connectivity index (χ0) is 15.2. The molecule has 1 unspecified atom stereocenters. The summed E-state index contributed by atoms with van der Waals surface area (Å²) in [5, 5.41) is 5.89. The molecule has 0 bridgehead atoms. The van der Waals surface area contributed by atoms with Gasteiger partial charge in [-0.3, -0.25) is 0 Å². The van der Waals surface area contributed by atoms with E-state index >= 15 is 0 Å². The molecule has 0 spiro atoms. The number of nitrogens with one attached hydrogen (secondary N) is 2. The predicted octanol–water partition coefficient (Wildman–Crippen LogP) is 1.43. The predicted molar refractivity (Wildman–Crippen MR) is 80.8 cm³/mol. The van der Waals surface area contributed by atoms with E-state index in [1.165, 1.54) is 7.11 Å². The summed E-state index contributed by atoms with van der Waals surface area (Å²) in [4.78, 5) is 20.0. The number of anilines is 3. The lowest BCUT2D eigenvalue weighted by atomic mass is 10.1. The quantitative estimate of drug-likeness (QED) is 0.715. The molecule has 21 heavy (non-hydrogen) atoms. The smallest absolute Gasteiger partial charge is 0.333 e. The number of rotatable bonds is 5. The number of ether oxygens (including phenoxy) is 1. The topological polar surface area (TPSA) is 102 Å². The van der Waals surface area contributed by atoms with Crippen LogP contribution < -0.4 is 16.4 Å². The third kappa shape index (κ3) is 3.59. The maximum Gasteiger partial charge on any atom is 0.333 e. The molecule has 1 aromatic carbocycles. The normalized spacial score (nSPS) is 11.5. The molecule has 1 atom stereocenters. The largest absolute Gasteiger partial charge is 0.467 e. The van der Waals surface area contributed by atoms with Gasteiger partial charge in [-0.2, -0.15) is 9.97 Å². The summed E-state index contributed by atoms with van der Waals surface area (Å²) in [6.45, 7) is 0. The first-order chi connectivity index (χ1) is 10.1. The van der Waals surface area contributed by atoms with Crippen molar-refractivity contribution in [3.05, 3.63) is 42.0 Å². The van der Waals surface area contributed by atoms with Crippen LogP contribution in [-0.2, 0) is 9.53 Å². The van der Waals surface area contributed by atoms with Gasteiger partial charge in [0.25, 0.3) is 0 Å². The number of nitrogens with zero attached hydrogens (tertiary/aromatic N) is 2. The monoisotopic (exact) mass is 287 g/mol. The summed E-state index contributed by atoms with van der Waals surface area (Å²) in [5.41, 5.74) is 6.41. The first kappa shape index (κ1) is 14.6. The molecule has 0 saturated heterocycles. The zero-order valence-corrected chi connectivity index (χ0v) is 11.8. The summed E-state index contributed by atoms with van der Waals surface area (Å²) in [5.74, 6) is 0.693. The first-order valence-electron chi connectivity index (χ1n) is 6.35. The number of carbonyl (C=O) groups is 1. The summed E-state index contributed by atoms with van der Waals surface area (Å²) in [6.07, 6.45) is 0. The summed E-state index contributed by atoms with van der Waals surface area (Å²) < 4.78 is 4.83. The maximum absolute atomic E-state index is 12.0. The number of nitrogen functional groups attached to an aromatic ring is 1. The van der Waals surface area contributed by atoms with E-state index in [4.69, 9.17) is 10.5 Å². The fourth-order valence-electron chi connectivity index (χ4n) is 1.86. The van der Waals surface area contributed by atoms with E-state index in [0.717, 1.165) is 5.56 Å². The Morgan fingerprint density at radius 3 is 2.52 bits per heavy atom. The number of aromatic nitrogens is 2. The van der Waals surface area contributed by atoms with Gasteiger partial charge in [0.05, 0.1) is 7.11 Å². The van der Waals surface area contributed by atoms with Crippen LogP contribution in [0.3, 0.4) is 0 Å². The molecule has 0 radical (unpaired) electrons. The Balaban J connectivity index is 2.31. The molecule has 7 nitrogen and oxygen atoms in total. The molecule has 1 heterocycles. The minimum atomic E-state index is -0.671. The van der Waals surface area contributed by atoms with E-state index in [9.17, 15) is 4.79 Å². The number of hydrogen-bond acceptors (Lipinski definition) is 7. The average molecular weight is 287 g/mol. The van der Waals surface area contributed by atoms with Crippen LogP contribution in [0.5, 0.6) is 0 Å². The van der Waals surface area contributed by atoms with Crippen LogP contribution in [-0.4, -0.2) is 30.1 Å². The Morgan fingerprint density at radius 2 is 1.90 bits per heavy atom. The second kappa shape index (κ2) is 6.56. The van der Waals surface area contributed by atoms with Gasteiger partial charge in [0.15, 0.2) is 6.04 Å². The lowest BCUT2D eigenvalue weighted by Gasteiger charge is -2.18. The van der Waals surface area contributed by atoms with Crippen molar-refractivity contribution in [3.8, 4) is 0 Å². The highest BCUT2D eigenvalue weighted by atomic mass is 16.5. The van der Waals surface area contributed by atoms with Crippen LogP contribution in [0.25, 0.3) is 0 Å². The Morgan fingerprint density at radius 1 is 1.24 bits per heavy atom. The number of hydrogen-bond donors (Lipinski definition) is 3. The summed E-state index contributed by atoms with van der Waals surface area (Å²) in [7, 11) is 3.06. The highest BCUT2D eigenvalue weighted by Gasteiger charge is 2.21. The molecule has 0 aliphatic heterocycles. The molecule has 2 rings (SSSR count). The molecule has 0 amide bonds. The van der Waals surface area contributed by atoms with Gasteiger partial charge in [-0.25, -0.2) is 4.79 Å².